The van der Waals surface area contributed by atoms with E-state index in [-0.39, 0.29) is 12.2 Å². The van der Waals surface area contributed by atoms with E-state index in [1.165, 1.54) is 16.5 Å². The van der Waals surface area contributed by atoms with Crippen LogP contribution < -0.4 is 4.90 Å². The predicted octanol–water partition coefficient (Wildman–Crippen LogP) is 4.52. The third kappa shape index (κ3) is 2.87. The molecule has 24 heavy (non-hydrogen) atoms. The number of nitrogens with zero attached hydrogens (tertiary/aromatic N) is 2. The molecule has 122 valence electrons. The van der Waals surface area contributed by atoms with Crippen molar-refractivity contribution in [2.75, 3.05) is 18.0 Å². The number of hydrogen-bond acceptors (Lipinski definition) is 3. The molecule has 1 aliphatic heterocycles. The lowest BCUT2D eigenvalue weighted by Crippen LogP contribution is -2.46. The minimum atomic E-state index is 0.214. The Bertz CT molecular complexity index is 837. The van der Waals surface area contributed by atoms with Gasteiger partial charge in [-0.2, -0.15) is 0 Å². The lowest BCUT2D eigenvalue weighted by atomic mass is 10.0. The second-order valence-corrected chi connectivity index (χ2v) is 6.58. The van der Waals surface area contributed by atoms with Crippen LogP contribution in [0.5, 0.6) is 0 Å². The molecule has 3 nitrogen and oxygen atoms in total. The van der Waals surface area contributed by atoms with Crippen LogP contribution in [0.4, 0.5) is 5.82 Å². The number of ether oxygens (including phenoxy) is 1. The summed E-state index contributed by atoms with van der Waals surface area (Å²) in [6.45, 7) is 6.00. The first-order chi connectivity index (χ1) is 11.7. The molecule has 2 aromatic carbocycles. The summed E-state index contributed by atoms with van der Waals surface area (Å²) < 4.78 is 5.90. The van der Waals surface area contributed by atoms with Gasteiger partial charge in [0, 0.05) is 24.0 Å². The maximum Gasteiger partial charge on any atom is 0.137 e. The van der Waals surface area contributed by atoms with E-state index in [4.69, 9.17) is 9.72 Å². The average Bonchev–Trinajstić information content (AvgIpc) is 2.60. The first-order valence-corrected chi connectivity index (χ1v) is 8.56. The fourth-order valence-electron chi connectivity index (χ4n) is 3.53. The summed E-state index contributed by atoms with van der Waals surface area (Å²) in [4.78, 5) is 7.38. The summed E-state index contributed by atoms with van der Waals surface area (Å²) in [5, 5.41) is 1.18. The van der Waals surface area contributed by atoms with Gasteiger partial charge in [-0.3, -0.25) is 0 Å². The van der Waals surface area contributed by atoms with Gasteiger partial charge in [0.05, 0.1) is 17.7 Å². The highest BCUT2D eigenvalue weighted by Crippen LogP contribution is 2.33. The Morgan fingerprint density at radius 2 is 1.58 bits per heavy atom. The predicted molar refractivity (Wildman–Crippen MR) is 99.4 cm³/mol. The molecule has 3 heteroatoms. The van der Waals surface area contributed by atoms with Crippen LogP contribution in [0.15, 0.2) is 60.7 Å². The van der Waals surface area contributed by atoms with Gasteiger partial charge in [-0.1, -0.05) is 48.5 Å². The Morgan fingerprint density at radius 1 is 0.917 bits per heavy atom. The molecule has 0 spiro atoms. The second-order valence-electron chi connectivity index (χ2n) is 6.58. The van der Waals surface area contributed by atoms with E-state index in [9.17, 15) is 0 Å². The molecule has 1 aliphatic rings. The van der Waals surface area contributed by atoms with Gasteiger partial charge in [-0.15, -0.1) is 0 Å². The summed E-state index contributed by atoms with van der Waals surface area (Å²) in [7, 11) is 0. The van der Waals surface area contributed by atoms with E-state index in [0.29, 0.717) is 0 Å². The van der Waals surface area contributed by atoms with Crippen LogP contribution in [0.2, 0.25) is 0 Å². The van der Waals surface area contributed by atoms with E-state index in [0.717, 1.165) is 24.4 Å². The highest BCUT2D eigenvalue weighted by Gasteiger charge is 2.25. The molecule has 1 aromatic heterocycles. The lowest BCUT2D eigenvalue weighted by molar-refractivity contribution is -0.00540. The van der Waals surface area contributed by atoms with Crippen molar-refractivity contribution in [1.82, 2.24) is 4.98 Å². The summed E-state index contributed by atoms with van der Waals surface area (Å²) in [6, 6.07) is 21.1. The number of fused-ring (bicyclic) bond motifs is 1. The van der Waals surface area contributed by atoms with Crippen LogP contribution in [-0.4, -0.2) is 30.3 Å². The molecular weight excluding hydrogens is 296 g/mol. The quantitative estimate of drug-likeness (QED) is 0.695. The molecule has 0 radical (unpaired) electrons. The third-order valence-corrected chi connectivity index (χ3v) is 4.51. The second kappa shape index (κ2) is 6.25. The Labute approximate surface area is 142 Å². The number of hydrogen-bond donors (Lipinski definition) is 0. The zero-order valence-corrected chi connectivity index (χ0v) is 14.1. The largest absolute Gasteiger partial charge is 0.372 e. The molecule has 0 N–H and O–H groups in total. The van der Waals surface area contributed by atoms with Crippen LogP contribution in [0.1, 0.15) is 13.8 Å². The summed E-state index contributed by atoms with van der Waals surface area (Å²) >= 11 is 0. The zero-order chi connectivity index (χ0) is 16.5. The van der Waals surface area contributed by atoms with Crippen molar-refractivity contribution < 1.29 is 4.74 Å². The average molecular weight is 318 g/mol. The van der Waals surface area contributed by atoms with E-state index in [1.807, 2.05) is 6.07 Å². The van der Waals surface area contributed by atoms with E-state index in [2.05, 4.69) is 73.3 Å². The molecule has 4 rings (SSSR count). The zero-order valence-electron chi connectivity index (χ0n) is 14.1. The van der Waals surface area contributed by atoms with Crippen molar-refractivity contribution in [3.05, 3.63) is 60.7 Å². The van der Waals surface area contributed by atoms with Crippen molar-refractivity contribution in [3.8, 4) is 11.1 Å². The number of morpholine rings is 1. The van der Waals surface area contributed by atoms with Crippen LogP contribution in [0.3, 0.4) is 0 Å². The minimum Gasteiger partial charge on any atom is -0.372 e. The highest BCUT2D eigenvalue weighted by molar-refractivity contribution is 5.89. The third-order valence-electron chi connectivity index (χ3n) is 4.51. The molecule has 0 saturated carbocycles. The van der Waals surface area contributed by atoms with Crippen molar-refractivity contribution in [3.63, 3.8) is 0 Å². The Balaban J connectivity index is 1.88. The molecule has 2 atom stereocenters. The van der Waals surface area contributed by atoms with E-state index in [1.54, 1.807) is 0 Å². The Kier molecular flexibility index (Phi) is 3.95. The molecule has 3 aromatic rings. The maximum absolute atomic E-state index is 5.90. The van der Waals surface area contributed by atoms with Gasteiger partial charge in [0.25, 0.3) is 0 Å². The van der Waals surface area contributed by atoms with Crippen LogP contribution in [0, 0.1) is 0 Å². The van der Waals surface area contributed by atoms with Crippen LogP contribution >= 0.6 is 0 Å². The van der Waals surface area contributed by atoms with Crippen molar-refractivity contribution >= 4 is 16.7 Å². The minimum absolute atomic E-state index is 0.214. The summed E-state index contributed by atoms with van der Waals surface area (Å²) in [5.74, 6) is 1.06. The molecule has 0 amide bonds. The molecule has 1 saturated heterocycles. The van der Waals surface area contributed by atoms with Crippen LogP contribution in [0.25, 0.3) is 22.0 Å². The number of para-hydroxylation sites is 1. The van der Waals surface area contributed by atoms with Crippen LogP contribution in [-0.2, 0) is 4.74 Å². The number of anilines is 1. The van der Waals surface area contributed by atoms with Crippen molar-refractivity contribution in [2.24, 2.45) is 0 Å². The highest BCUT2D eigenvalue weighted by atomic mass is 16.5. The van der Waals surface area contributed by atoms with E-state index < -0.39 is 0 Å². The number of benzene rings is 2. The molecule has 0 aliphatic carbocycles. The first kappa shape index (κ1) is 15.2. The van der Waals surface area contributed by atoms with Gasteiger partial charge < -0.3 is 9.64 Å². The molecular formula is C21H22N2O. The monoisotopic (exact) mass is 318 g/mol. The SMILES string of the molecule is C[C@@H]1CN(c2nc3ccccc3cc2-c2ccccc2)C[C@@H](C)O1. The topological polar surface area (TPSA) is 25.4 Å². The van der Waals surface area contributed by atoms with Gasteiger partial charge in [0.15, 0.2) is 0 Å². The van der Waals surface area contributed by atoms with Gasteiger partial charge in [-0.05, 0) is 31.5 Å². The van der Waals surface area contributed by atoms with Gasteiger partial charge >= 0.3 is 0 Å². The molecule has 2 heterocycles. The van der Waals surface area contributed by atoms with Crippen molar-refractivity contribution in [2.45, 2.75) is 26.1 Å². The van der Waals surface area contributed by atoms with Gasteiger partial charge in [0.2, 0.25) is 0 Å². The number of aromatic nitrogens is 1. The first-order valence-electron chi connectivity index (χ1n) is 8.56. The summed E-state index contributed by atoms with van der Waals surface area (Å²) in [5.41, 5.74) is 3.44. The van der Waals surface area contributed by atoms with E-state index >= 15 is 0 Å². The fourth-order valence-corrected chi connectivity index (χ4v) is 3.53. The standard InChI is InChI=1S/C21H22N2O/c1-15-13-23(14-16(2)24-15)21-19(17-8-4-3-5-9-17)12-18-10-6-7-11-20(18)22-21/h3-12,15-16H,13-14H2,1-2H3/t15-,16-/m1/s1. The van der Waals surface area contributed by atoms with Gasteiger partial charge in [0.1, 0.15) is 5.82 Å². The lowest BCUT2D eigenvalue weighted by Gasteiger charge is -2.37. The Hall–Kier alpha value is -2.39. The number of pyridine rings is 1. The molecule has 0 unspecified atom stereocenters. The number of rotatable bonds is 2. The maximum atomic E-state index is 5.90. The Morgan fingerprint density at radius 3 is 2.33 bits per heavy atom. The fraction of sp³-hybridized carbons (Fsp3) is 0.286. The normalized spacial score (nSPS) is 21.2. The smallest absolute Gasteiger partial charge is 0.137 e. The molecule has 1 fully saturated rings. The van der Waals surface area contributed by atoms with Crippen molar-refractivity contribution in [1.29, 1.82) is 0 Å². The summed E-state index contributed by atoms with van der Waals surface area (Å²) in [6.07, 6.45) is 0.427. The van der Waals surface area contributed by atoms with Gasteiger partial charge in [-0.25, -0.2) is 4.98 Å². The molecule has 0 bridgehead atoms.